The van der Waals surface area contributed by atoms with Gasteiger partial charge in [0.2, 0.25) is 0 Å². The highest BCUT2D eigenvalue weighted by atomic mass is 16.6. The molecular weight excluding hydrogens is 258 g/mol. The first kappa shape index (κ1) is 14.0. The molecule has 0 fully saturated rings. The first-order valence-electron chi connectivity index (χ1n) is 6.37. The number of aryl methyl sites for hydroxylation is 2. The number of hydrogen-bond donors (Lipinski definition) is 0. The van der Waals surface area contributed by atoms with Gasteiger partial charge in [-0.15, -0.1) is 0 Å². The summed E-state index contributed by atoms with van der Waals surface area (Å²) in [6.07, 6.45) is 6.41. The number of nitrogens with zero attached hydrogens (tertiary/aromatic N) is 5. The number of aromatic nitrogens is 3. The topological polar surface area (TPSA) is 77.1 Å². The Morgan fingerprint density at radius 3 is 2.85 bits per heavy atom. The van der Waals surface area contributed by atoms with Crippen LogP contribution in [0.1, 0.15) is 12.1 Å². The molecule has 7 nitrogen and oxygen atoms in total. The highest BCUT2D eigenvalue weighted by Gasteiger charge is 2.13. The Morgan fingerprint density at radius 2 is 2.25 bits per heavy atom. The van der Waals surface area contributed by atoms with Crippen molar-refractivity contribution in [2.45, 2.75) is 19.9 Å². The van der Waals surface area contributed by atoms with Crippen LogP contribution in [0.3, 0.4) is 0 Å². The lowest BCUT2D eigenvalue weighted by atomic mass is 10.3. The van der Waals surface area contributed by atoms with Crippen LogP contribution in [0.4, 0.5) is 11.5 Å². The molecule has 2 aromatic heterocycles. The van der Waals surface area contributed by atoms with E-state index in [0.29, 0.717) is 5.69 Å². The van der Waals surface area contributed by atoms with Crippen molar-refractivity contribution in [3.05, 3.63) is 46.7 Å². The zero-order chi connectivity index (χ0) is 14.5. The molecule has 0 saturated heterocycles. The van der Waals surface area contributed by atoms with Crippen LogP contribution in [0.15, 0.2) is 30.9 Å². The highest BCUT2D eigenvalue weighted by Crippen LogP contribution is 2.19. The van der Waals surface area contributed by atoms with E-state index in [-0.39, 0.29) is 5.69 Å². The number of hydrogen-bond acceptors (Lipinski definition) is 5. The molecule has 0 radical (unpaired) electrons. The van der Waals surface area contributed by atoms with E-state index in [0.717, 1.165) is 25.3 Å². The van der Waals surface area contributed by atoms with Gasteiger partial charge in [-0.2, -0.15) is 0 Å². The summed E-state index contributed by atoms with van der Waals surface area (Å²) in [6.45, 7) is 3.36. The van der Waals surface area contributed by atoms with E-state index in [9.17, 15) is 10.1 Å². The van der Waals surface area contributed by atoms with Crippen molar-refractivity contribution in [1.29, 1.82) is 0 Å². The number of nitro groups is 1. The second-order valence-electron chi connectivity index (χ2n) is 4.61. The van der Waals surface area contributed by atoms with Crippen molar-refractivity contribution >= 4 is 11.5 Å². The maximum atomic E-state index is 10.7. The molecule has 106 valence electrons. The Kier molecular flexibility index (Phi) is 4.29. The summed E-state index contributed by atoms with van der Waals surface area (Å²) in [5.74, 6) is 0.749. The third-order valence-corrected chi connectivity index (χ3v) is 3.10. The second kappa shape index (κ2) is 6.14. The molecule has 0 aliphatic rings. The highest BCUT2D eigenvalue weighted by molar-refractivity contribution is 5.46. The van der Waals surface area contributed by atoms with Crippen LogP contribution in [0.5, 0.6) is 0 Å². The monoisotopic (exact) mass is 275 g/mol. The maximum Gasteiger partial charge on any atom is 0.290 e. The van der Waals surface area contributed by atoms with Crippen molar-refractivity contribution in [2.75, 3.05) is 18.5 Å². The Labute approximate surface area is 117 Å². The van der Waals surface area contributed by atoms with Gasteiger partial charge in [0, 0.05) is 38.6 Å². The van der Waals surface area contributed by atoms with Gasteiger partial charge in [-0.3, -0.25) is 10.1 Å². The van der Waals surface area contributed by atoms with Gasteiger partial charge in [-0.25, -0.2) is 9.97 Å². The van der Waals surface area contributed by atoms with Gasteiger partial charge in [-0.1, -0.05) is 0 Å². The average molecular weight is 275 g/mol. The summed E-state index contributed by atoms with van der Waals surface area (Å²) < 4.78 is 2.02. The van der Waals surface area contributed by atoms with Crippen molar-refractivity contribution in [2.24, 2.45) is 0 Å². The molecule has 0 atom stereocenters. The van der Waals surface area contributed by atoms with Crippen LogP contribution >= 0.6 is 0 Å². The van der Waals surface area contributed by atoms with Gasteiger partial charge >= 0.3 is 0 Å². The smallest absolute Gasteiger partial charge is 0.290 e. The minimum Gasteiger partial charge on any atom is -0.360 e. The third kappa shape index (κ3) is 3.31. The molecule has 0 unspecified atom stereocenters. The fraction of sp³-hybridized carbons (Fsp3) is 0.385. The standard InChI is InChI=1S/C13H17N5O2/c1-11-12(18(19)20)4-5-13(15-11)16(2)7-3-8-17-9-6-14-10-17/h4-6,9-10H,3,7-8H2,1-2H3. The SMILES string of the molecule is Cc1nc(N(C)CCCn2ccnc2)ccc1[N+](=O)[O-]. The number of pyridine rings is 1. The van der Waals surface area contributed by atoms with Crippen LogP contribution in [-0.4, -0.2) is 33.1 Å². The second-order valence-corrected chi connectivity index (χ2v) is 4.61. The molecule has 2 heterocycles. The first-order chi connectivity index (χ1) is 9.58. The third-order valence-electron chi connectivity index (χ3n) is 3.10. The quantitative estimate of drug-likeness (QED) is 0.595. The van der Waals surface area contributed by atoms with Crippen LogP contribution in [0, 0.1) is 17.0 Å². The van der Waals surface area contributed by atoms with Crippen molar-refractivity contribution < 1.29 is 4.92 Å². The van der Waals surface area contributed by atoms with E-state index in [4.69, 9.17) is 0 Å². The van der Waals surface area contributed by atoms with Crippen LogP contribution in [0.25, 0.3) is 0 Å². The van der Waals surface area contributed by atoms with E-state index in [1.807, 2.05) is 22.7 Å². The number of imidazole rings is 1. The van der Waals surface area contributed by atoms with E-state index in [1.54, 1.807) is 25.5 Å². The van der Waals surface area contributed by atoms with Gasteiger partial charge in [0.1, 0.15) is 11.5 Å². The van der Waals surface area contributed by atoms with Gasteiger partial charge in [0.15, 0.2) is 0 Å². The van der Waals surface area contributed by atoms with Crippen LogP contribution in [-0.2, 0) is 6.54 Å². The number of anilines is 1. The maximum absolute atomic E-state index is 10.7. The van der Waals surface area contributed by atoms with Crippen molar-refractivity contribution in [1.82, 2.24) is 14.5 Å². The Balaban J connectivity index is 1.93. The molecule has 0 saturated carbocycles. The fourth-order valence-electron chi connectivity index (χ4n) is 1.97. The summed E-state index contributed by atoms with van der Waals surface area (Å²) in [4.78, 5) is 20.6. The van der Waals surface area contributed by atoms with Crippen LogP contribution in [0.2, 0.25) is 0 Å². The molecular formula is C13H17N5O2. The molecule has 0 N–H and O–H groups in total. The molecule has 2 rings (SSSR count). The Morgan fingerprint density at radius 1 is 1.45 bits per heavy atom. The normalized spacial score (nSPS) is 10.5. The van der Waals surface area contributed by atoms with E-state index in [1.165, 1.54) is 6.07 Å². The molecule has 0 spiro atoms. The van der Waals surface area contributed by atoms with Crippen molar-refractivity contribution in [3.8, 4) is 0 Å². The van der Waals surface area contributed by atoms with E-state index in [2.05, 4.69) is 9.97 Å². The molecule has 7 heteroatoms. The lowest BCUT2D eigenvalue weighted by Crippen LogP contribution is -2.21. The lowest BCUT2D eigenvalue weighted by molar-refractivity contribution is -0.385. The molecule has 0 bridgehead atoms. The zero-order valence-electron chi connectivity index (χ0n) is 11.6. The van der Waals surface area contributed by atoms with E-state index < -0.39 is 4.92 Å². The van der Waals surface area contributed by atoms with Gasteiger partial charge in [-0.05, 0) is 19.4 Å². The molecule has 20 heavy (non-hydrogen) atoms. The summed E-state index contributed by atoms with van der Waals surface area (Å²) in [5.41, 5.74) is 0.495. The summed E-state index contributed by atoms with van der Waals surface area (Å²) in [6, 6.07) is 3.19. The van der Waals surface area contributed by atoms with Gasteiger partial charge < -0.3 is 9.47 Å². The Hall–Kier alpha value is -2.44. The molecule has 0 aromatic carbocycles. The minimum atomic E-state index is -0.412. The zero-order valence-corrected chi connectivity index (χ0v) is 11.6. The largest absolute Gasteiger partial charge is 0.360 e. The lowest BCUT2D eigenvalue weighted by Gasteiger charge is -2.18. The number of rotatable bonds is 6. The fourth-order valence-corrected chi connectivity index (χ4v) is 1.97. The molecule has 0 aliphatic heterocycles. The Bertz CT molecular complexity index is 582. The van der Waals surface area contributed by atoms with Gasteiger partial charge in [0.25, 0.3) is 5.69 Å². The van der Waals surface area contributed by atoms with E-state index >= 15 is 0 Å². The molecule has 0 aliphatic carbocycles. The molecule has 0 amide bonds. The van der Waals surface area contributed by atoms with Gasteiger partial charge in [0.05, 0.1) is 11.3 Å². The molecule has 2 aromatic rings. The van der Waals surface area contributed by atoms with Crippen molar-refractivity contribution in [3.63, 3.8) is 0 Å². The summed E-state index contributed by atoms with van der Waals surface area (Å²) in [5, 5.41) is 10.7. The summed E-state index contributed by atoms with van der Waals surface area (Å²) in [7, 11) is 1.93. The van der Waals surface area contributed by atoms with Crippen LogP contribution < -0.4 is 4.90 Å². The summed E-state index contributed by atoms with van der Waals surface area (Å²) >= 11 is 0. The predicted octanol–water partition coefficient (Wildman–Crippen LogP) is 2.02. The predicted molar refractivity (Wildman–Crippen MR) is 75.7 cm³/mol. The minimum absolute atomic E-state index is 0.0561. The average Bonchev–Trinajstić information content (AvgIpc) is 2.91. The first-order valence-corrected chi connectivity index (χ1v) is 6.37.